The van der Waals surface area contributed by atoms with E-state index < -0.39 is 14.2 Å². The average molecular weight is 245 g/mol. The summed E-state index contributed by atoms with van der Waals surface area (Å²) in [5.41, 5.74) is 2.40. The molecule has 5 heteroatoms. The van der Waals surface area contributed by atoms with E-state index in [1.165, 1.54) is 0 Å². The maximum absolute atomic E-state index is 11.5. The van der Waals surface area contributed by atoms with Crippen LogP contribution in [0.4, 0.5) is 0 Å². The summed E-state index contributed by atoms with van der Waals surface area (Å²) in [4.78, 5) is 0. The first-order valence-electron chi connectivity index (χ1n) is 3.96. The fourth-order valence-corrected chi connectivity index (χ4v) is 2.83. The van der Waals surface area contributed by atoms with Crippen LogP contribution in [0.15, 0.2) is 30.3 Å². The van der Waals surface area contributed by atoms with Crippen molar-refractivity contribution < 1.29 is 11.7 Å². The van der Waals surface area contributed by atoms with Crippen molar-refractivity contribution in [3.63, 3.8) is 0 Å². The van der Waals surface area contributed by atoms with Crippen LogP contribution >= 0.6 is 0 Å². The second-order valence-electron chi connectivity index (χ2n) is 2.45. The molecule has 2 N–H and O–H groups in total. The summed E-state index contributed by atoms with van der Waals surface area (Å²) < 4.78 is 26.0. The standard InChI is InChI=1S/C8H12AsNO3/c1-2-10-13-9(11,12)8-6-4-3-5-7-8/h3-7,10H,2H2,1H3,(H,11,12). The zero-order chi connectivity index (χ0) is 9.73. The van der Waals surface area contributed by atoms with Gasteiger partial charge in [-0.3, -0.25) is 0 Å². The second-order valence-corrected chi connectivity index (χ2v) is 6.10. The molecule has 0 spiro atoms. The molecule has 0 amide bonds. The SMILES string of the molecule is CCNO[As](=O)(O)c1ccccc1. The third-order valence-electron chi connectivity index (χ3n) is 1.42. The van der Waals surface area contributed by atoms with Crippen molar-refractivity contribution >= 4 is 18.5 Å². The summed E-state index contributed by atoms with van der Waals surface area (Å²) in [5.74, 6) is 0. The molecule has 1 unspecified atom stereocenters. The van der Waals surface area contributed by atoms with Gasteiger partial charge < -0.3 is 0 Å². The summed E-state index contributed by atoms with van der Waals surface area (Å²) in [6.07, 6.45) is 0. The Bertz CT molecular complexity index is 302. The Morgan fingerprint density at radius 2 is 2.08 bits per heavy atom. The van der Waals surface area contributed by atoms with E-state index in [9.17, 15) is 7.84 Å². The number of rotatable bonds is 4. The molecule has 0 fully saturated rings. The average Bonchev–Trinajstić information content (AvgIpc) is 2.16. The topological polar surface area (TPSA) is 58.6 Å². The van der Waals surface area contributed by atoms with Gasteiger partial charge in [0.25, 0.3) is 0 Å². The van der Waals surface area contributed by atoms with Crippen LogP contribution in [0.5, 0.6) is 0 Å². The van der Waals surface area contributed by atoms with Crippen LogP contribution in [-0.4, -0.2) is 24.8 Å². The van der Waals surface area contributed by atoms with Gasteiger partial charge in [-0.25, -0.2) is 0 Å². The number of benzene rings is 1. The van der Waals surface area contributed by atoms with Crippen molar-refractivity contribution in [2.24, 2.45) is 0 Å². The molecule has 72 valence electrons. The minimum atomic E-state index is -4.30. The molecule has 1 atom stereocenters. The van der Waals surface area contributed by atoms with Gasteiger partial charge in [0.2, 0.25) is 0 Å². The summed E-state index contributed by atoms with van der Waals surface area (Å²) in [6, 6.07) is 8.35. The van der Waals surface area contributed by atoms with E-state index >= 15 is 0 Å². The Labute approximate surface area is 79.9 Å². The molecule has 0 saturated heterocycles. The van der Waals surface area contributed by atoms with Gasteiger partial charge in [-0.15, -0.1) is 0 Å². The van der Waals surface area contributed by atoms with Gasteiger partial charge >= 0.3 is 79.5 Å². The fraction of sp³-hybridized carbons (Fsp3) is 0.250. The molecule has 0 saturated carbocycles. The van der Waals surface area contributed by atoms with Gasteiger partial charge in [-0.2, -0.15) is 0 Å². The maximum atomic E-state index is 11.5. The predicted octanol–water partition coefficient (Wildman–Crippen LogP) is -0.204. The van der Waals surface area contributed by atoms with Crippen molar-refractivity contribution in [3.8, 4) is 0 Å². The van der Waals surface area contributed by atoms with Gasteiger partial charge in [0, 0.05) is 0 Å². The number of hydroxylamine groups is 1. The summed E-state index contributed by atoms with van der Waals surface area (Å²) in [5, 5.41) is 0. The molecule has 0 aliphatic rings. The first-order chi connectivity index (χ1) is 6.17. The number of nitrogens with one attached hydrogen (secondary N) is 1. The molecule has 13 heavy (non-hydrogen) atoms. The van der Waals surface area contributed by atoms with Crippen LogP contribution in [0.2, 0.25) is 0 Å². The first kappa shape index (κ1) is 10.5. The molecule has 0 radical (unpaired) electrons. The Hall–Kier alpha value is -0.542. The van der Waals surface area contributed by atoms with Crippen molar-refractivity contribution in [3.05, 3.63) is 30.3 Å². The van der Waals surface area contributed by atoms with Crippen molar-refractivity contribution in [2.45, 2.75) is 6.92 Å². The van der Waals surface area contributed by atoms with E-state index in [-0.39, 0.29) is 0 Å². The Morgan fingerprint density at radius 1 is 1.46 bits per heavy atom. The van der Waals surface area contributed by atoms with Crippen LogP contribution in [0.25, 0.3) is 0 Å². The Balaban J connectivity index is 2.76. The normalized spacial score (nSPS) is 15.2. The van der Waals surface area contributed by atoms with E-state index in [0.717, 1.165) is 0 Å². The zero-order valence-corrected chi connectivity index (χ0v) is 9.18. The zero-order valence-electron chi connectivity index (χ0n) is 7.30. The van der Waals surface area contributed by atoms with Gasteiger partial charge in [0.15, 0.2) is 0 Å². The minimum absolute atomic E-state index is 0.349. The van der Waals surface area contributed by atoms with E-state index in [0.29, 0.717) is 10.9 Å². The summed E-state index contributed by atoms with van der Waals surface area (Å²) in [6.45, 7) is 2.29. The molecule has 0 heterocycles. The fourth-order valence-electron chi connectivity index (χ4n) is 0.821. The van der Waals surface area contributed by atoms with Crippen LogP contribution in [0.3, 0.4) is 0 Å². The van der Waals surface area contributed by atoms with Crippen LogP contribution in [0.1, 0.15) is 6.92 Å². The van der Waals surface area contributed by atoms with E-state index in [2.05, 4.69) is 9.31 Å². The number of hydrogen-bond acceptors (Lipinski definition) is 3. The van der Waals surface area contributed by atoms with Gasteiger partial charge in [0.1, 0.15) is 0 Å². The van der Waals surface area contributed by atoms with Crippen molar-refractivity contribution in [1.82, 2.24) is 5.48 Å². The number of hydrogen-bond donors (Lipinski definition) is 2. The first-order valence-corrected chi connectivity index (χ1v) is 7.27. The molecule has 0 aromatic heterocycles. The van der Waals surface area contributed by atoms with Gasteiger partial charge in [0.05, 0.1) is 0 Å². The van der Waals surface area contributed by atoms with Gasteiger partial charge in [-0.1, -0.05) is 0 Å². The van der Waals surface area contributed by atoms with Crippen LogP contribution < -0.4 is 9.83 Å². The van der Waals surface area contributed by atoms with E-state index in [1.807, 2.05) is 0 Å². The van der Waals surface area contributed by atoms with Crippen LogP contribution in [0, 0.1) is 0 Å². The molecule has 0 aliphatic carbocycles. The Morgan fingerprint density at radius 3 is 2.62 bits per heavy atom. The van der Waals surface area contributed by atoms with E-state index in [4.69, 9.17) is 0 Å². The monoisotopic (exact) mass is 245 g/mol. The predicted molar refractivity (Wildman–Crippen MR) is 49.5 cm³/mol. The second kappa shape index (κ2) is 4.63. The molecule has 1 aromatic rings. The summed E-state index contributed by atoms with van der Waals surface area (Å²) >= 11 is -4.30. The van der Waals surface area contributed by atoms with Crippen molar-refractivity contribution in [2.75, 3.05) is 6.54 Å². The molecule has 1 aromatic carbocycles. The quantitative estimate of drug-likeness (QED) is 0.569. The summed E-state index contributed by atoms with van der Waals surface area (Å²) in [7, 11) is 0. The third-order valence-corrected chi connectivity index (χ3v) is 4.20. The van der Waals surface area contributed by atoms with Crippen LogP contribution in [-0.2, 0) is 7.57 Å². The molecule has 1 rings (SSSR count). The molecule has 0 bridgehead atoms. The van der Waals surface area contributed by atoms with Gasteiger partial charge in [-0.05, 0) is 0 Å². The van der Waals surface area contributed by atoms with E-state index in [1.54, 1.807) is 37.3 Å². The third kappa shape index (κ3) is 3.01. The molecular formula is C8H12AsNO3. The van der Waals surface area contributed by atoms with Crippen molar-refractivity contribution in [1.29, 1.82) is 0 Å². The molecule has 4 nitrogen and oxygen atoms in total. The molecule has 0 aliphatic heterocycles. The Kier molecular flexibility index (Phi) is 3.75. The molecular weight excluding hydrogens is 233 g/mol.